The molecule has 9 heteroatoms. The number of carbonyl (C=O) groups is 3. The van der Waals surface area contributed by atoms with E-state index in [4.69, 9.17) is 0 Å². The molecule has 0 bridgehead atoms. The van der Waals surface area contributed by atoms with Crippen molar-refractivity contribution >= 4 is 37.4 Å². The number of rotatable bonds is 5. The average molecular weight is 281 g/mol. The molecule has 7 nitrogen and oxygen atoms in total. The maximum atomic E-state index is 11.2. The van der Waals surface area contributed by atoms with Crippen LogP contribution in [0, 0.1) is 0 Å². The maximum absolute atomic E-state index is 11.2. The summed E-state index contributed by atoms with van der Waals surface area (Å²) in [4.78, 5) is 37.9. The van der Waals surface area contributed by atoms with Crippen molar-refractivity contribution < 1.29 is 27.6 Å². The van der Waals surface area contributed by atoms with Gasteiger partial charge in [-0.25, -0.2) is 13.2 Å². The number of nitrogens with zero attached hydrogens (tertiary/aromatic N) is 1. The standard InChI is InChI=1S/C8H11NO6S2/c1-17(13,14)16-5-4-8(12)15-9-6(10)2-3-7(9)11/h2-5H2,1H3. The molecule has 1 heterocycles. The molecule has 17 heavy (non-hydrogen) atoms. The quantitative estimate of drug-likeness (QED) is 0.503. The van der Waals surface area contributed by atoms with E-state index in [2.05, 4.69) is 4.84 Å². The number of hydrogen-bond donors (Lipinski definition) is 0. The zero-order valence-corrected chi connectivity index (χ0v) is 10.7. The second kappa shape index (κ2) is 5.50. The molecule has 1 fully saturated rings. The molecule has 1 aliphatic rings. The SMILES string of the molecule is CS(=O)(=O)SCCC(=O)ON1C(=O)CCC1=O. The van der Waals surface area contributed by atoms with Gasteiger partial charge in [0.1, 0.15) is 0 Å². The van der Waals surface area contributed by atoms with Gasteiger partial charge in [-0.15, -0.1) is 5.06 Å². The number of imide groups is 1. The fraction of sp³-hybridized carbons (Fsp3) is 0.625. The van der Waals surface area contributed by atoms with E-state index in [1.54, 1.807) is 0 Å². The fourth-order valence-electron chi connectivity index (χ4n) is 1.08. The van der Waals surface area contributed by atoms with Crippen molar-refractivity contribution in [1.82, 2.24) is 5.06 Å². The van der Waals surface area contributed by atoms with Crippen molar-refractivity contribution in [2.24, 2.45) is 0 Å². The third-order valence-electron chi connectivity index (χ3n) is 1.80. The van der Waals surface area contributed by atoms with E-state index in [0.717, 1.165) is 6.26 Å². The zero-order chi connectivity index (χ0) is 13.1. The summed E-state index contributed by atoms with van der Waals surface area (Å²) in [6.07, 6.45) is 0.903. The van der Waals surface area contributed by atoms with Crippen LogP contribution in [0.4, 0.5) is 0 Å². The molecule has 0 aromatic heterocycles. The van der Waals surface area contributed by atoms with Crippen LogP contribution in [-0.2, 0) is 28.1 Å². The zero-order valence-electron chi connectivity index (χ0n) is 9.04. The van der Waals surface area contributed by atoms with Gasteiger partial charge in [0.25, 0.3) is 11.8 Å². The summed E-state index contributed by atoms with van der Waals surface area (Å²) >= 11 is 0. The summed E-state index contributed by atoms with van der Waals surface area (Å²) in [6.45, 7) is 0. The third-order valence-corrected chi connectivity index (χ3v) is 4.39. The second-order valence-electron chi connectivity index (χ2n) is 3.32. The lowest BCUT2D eigenvalue weighted by molar-refractivity contribution is -0.197. The Morgan fingerprint density at radius 1 is 1.35 bits per heavy atom. The first kappa shape index (κ1) is 14.0. The van der Waals surface area contributed by atoms with Gasteiger partial charge >= 0.3 is 5.97 Å². The monoisotopic (exact) mass is 281 g/mol. The first-order valence-electron chi connectivity index (χ1n) is 4.70. The predicted octanol–water partition coefficient (Wildman–Crippen LogP) is -0.324. The van der Waals surface area contributed by atoms with Crippen LogP contribution in [-0.4, -0.2) is 43.3 Å². The van der Waals surface area contributed by atoms with Gasteiger partial charge in [0.15, 0.2) is 8.87 Å². The molecule has 0 radical (unpaired) electrons. The van der Waals surface area contributed by atoms with Gasteiger partial charge in [-0.2, -0.15) is 0 Å². The van der Waals surface area contributed by atoms with Crippen LogP contribution in [0.3, 0.4) is 0 Å². The Balaban J connectivity index is 2.35. The molecule has 0 unspecified atom stereocenters. The topological polar surface area (TPSA) is 97.8 Å². The highest BCUT2D eigenvalue weighted by Crippen LogP contribution is 2.14. The fourth-order valence-corrected chi connectivity index (χ4v) is 2.79. The highest BCUT2D eigenvalue weighted by atomic mass is 33.1. The van der Waals surface area contributed by atoms with Crippen molar-refractivity contribution in [2.75, 3.05) is 12.0 Å². The third kappa shape index (κ3) is 4.73. The molecule has 0 aliphatic carbocycles. The van der Waals surface area contributed by atoms with Gasteiger partial charge in [-0.1, -0.05) is 0 Å². The van der Waals surface area contributed by atoms with Gasteiger partial charge in [0, 0.05) is 24.9 Å². The molecule has 0 atom stereocenters. The Labute approximate surface area is 102 Å². The van der Waals surface area contributed by atoms with Gasteiger partial charge < -0.3 is 4.84 Å². The molecule has 1 saturated heterocycles. The van der Waals surface area contributed by atoms with Crippen molar-refractivity contribution in [3.8, 4) is 0 Å². The van der Waals surface area contributed by atoms with Crippen LogP contribution in [0.25, 0.3) is 0 Å². The van der Waals surface area contributed by atoms with Crippen LogP contribution in [0.5, 0.6) is 0 Å². The van der Waals surface area contributed by atoms with Crippen molar-refractivity contribution in [2.45, 2.75) is 19.3 Å². The lowest BCUT2D eigenvalue weighted by Crippen LogP contribution is -2.32. The summed E-state index contributed by atoms with van der Waals surface area (Å²) in [7, 11) is -2.60. The molecule has 0 saturated carbocycles. The molecule has 0 N–H and O–H groups in total. The summed E-state index contributed by atoms with van der Waals surface area (Å²) < 4.78 is 21.5. The van der Waals surface area contributed by atoms with Crippen LogP contribution >= 0.6 is 10.8 Å². The van der Waals surface area contributed by atoms with E-state index in [1.165, 1.54) is 0 Å². The average Bonchev–Trinajstić information content (AvgIpc) is 2.47. The van der Waals surface area contributed by atoms with E-state index in [9.17, 15) is 22.8 Å². The minimum atomic E-state index is -3.21. The highest BCUT2D eigenvalue weighted by Gasteiger charge is 2.32. The smallest absolute Gasteiger partial charge is 0.330 e. The first-order valence-corrected chi connectivity index (χ1v) is 8.10. The van der Waals surface area contributed by atoms with Crippen molar-refractivity contribution in [3.63, 3.8) is 0 Å². The van der Waals surface area contributed by atoms with E-state index < -0.39 is 26.7 Å². The summed E-state index contributed by atoms with van der Waals surface area (Å²) in [5.74, 6) is -1.89. The van der Waals surface area contributed by atoms with Crippen LogP contribution in [0.2, 0.25) is 0 Å². The Morgan fingerprint density at radius 2 is 1.88 bits per heavy atom. The lowest BCUT2D eigenvalue weighted by atomic mass is 10.4. The van der Waals surface area contributed by atoms with Crippen LogP contribution < -0.4 is 0 Å². The number of amides is 2. The number of hydrogen-bond acceptors (Lipinski definition) is 7. The number of hydroxylamine groups is 2. The maximum Gasteiger partial charge on any atom is 0.334 e. The molecule has 0 aromatic carbocycles. The largest absolute Gasteiger partial charge is 0.334 e. The Morgan fingerprint density at radius 3 is 2.35 bits per heavy atom. The molecule has 0 aromatic rings. The van der Waals surface area contributed by atoms with Crippen LogP contribution in [0.1, 0.15) is 19.3 Å². The predicted molar refractivity (Wildman–Crippen MR) is 59.1 cm³/mol. The molecule has 1 aliphatic heterocycles. The van der Waals surface area contributed by atoms with Gasteiger partial charge in [-0.3, -0.25) is 9.59 Å². The summed E-state index contributed by atoms with van der Waals surface area (Å²) in [5, 5.41) is 0.438. The van der Waals surface area contributed by atoms with Crippen molar-refractivity contribution in [3.05, 3.63) is 0 Å². The summed E-state index contributed by atoms with van der Waals surface area (Å²) in [6, 6.07) is 0. The first-order chi connectivity index (χ1) is 7.79. The lowest BCUT2D eigenvalue weighted by Gasteiger charge is -2.11. The molecule has 2 amide bonds. The van der Waals surface area contributed by atoms with Crippen LogP contribution in [0.15, 0.2) is 0 Å². The Kier molecular flexibility index (Phi) is 4.52. The molecule has 0 spiro atoms. The molecule has 1 rings (SSSR count). The van der Waals surface area contributed by atoms with Gasteiger partial charge in [0.05, 0.1) is 6.42 Å². The minimum absolute atomic E-state index is 0.0217. The van der Waals surface area contributed by atoms with E-state index in [1.807, 2.05) is 0 Å². The Hall–Kier alpha value is -1.09. The van der Waals surface area contributed by atoms with Gasteiger partial charge in [0.2, 0.25) is 0 Å². The summed E-state index contributed by atoms with van der Waals surface area (Å²) in [5.41, 5.74) is 0. The van der Waals surface area contributed by atoms with E-state index in [-0.39, 0.29) is 25.0 Å². The molecular formula is C8H11NO6S2. The van der Waals surface area contributed by atoms with Crippen molar-refractivity contribution in [1.29, 1.82) is 0 Å². The number of carbonyl (C=O) groups excluding carboxylic acids is 3. The normalized spacial score (nSPS) is 16.4. The van der Waals surface area contributed by atoms with E-state index >= 15 is 0 Å². The second-order valence-corrected chi connectivity index (χ2v) is 7.90. The molecule has 96 valence electrons. The molecular weight excluding hydrogens is 270 g/mol. The van der Waals surface area contributed by atoms with Gasteiger partial charge in [-0.05, 0) is 10.8 Å². The Bertz CT molecular complexity index is 427. The highest BCUT2D eigenvalue weighted by molar-refractivity contribution is 8.71. The van der Waals surface area contributed by atoms with E-state index in [0.29, 0.717) is 15.9 Å². The minimum Gasteiger partial charge on any atom is -0.330 e.